The Bertz CT molecular complexity index is 3110. The molecule has 0 spiro atoms. The van der Waals surface area contributed by atoms with Crippen molar-refractivity contribution in [3.63, 3.8) is 0 Å². The molecule has 0 fully saturated rings. The number of fused-ring (bicyclic) bond motifs is 7. The highest BCUT2D eigenvalue weighted by Crippen LogP contribution is 2.39. The fourth-order valence-corrected chi connectivity index (χ4v) is 8.28. The summed E-state index contributed by atoms with van der Waals surface area (Å²) < 4.78 is 6.93. The smallest absolute Gasteiger partial charge is 0.302 e. The zero-order chi connectivity index (χ0) is 37.0. The number of imidazole rings is 1. The van der Waals surface area contributed by atoms with Gasteiger partial charge in [-0.1, -0.05) is 168 Å². The maximum absolute atomic E-state index is 5.45. The number of amidine groups is 1. The molecule has 1 aromatic heterocycles. The molecule has 0 radical (unpaired) electrons. The fourth-order valence-electron chi connectivity index (χ4n) is 8.28. The molecule has 0 saturated heterocycles. The van der Waals surface area contributed by atoms with Crippen LogP contribution >= 0.6 is 0 Å². The molecule has 1 atom stereocenters. The highest BCUT2D eigenvalue weighted by molar-refractivity contribution is 6.22. The molecule has 0 amide bonds. The van der Waals surface area contributed by atoms with Crippen molar-refractivity contribution >= 4 is 56.5 Å². The van der Waals surface area contributed by atoms with E-state index in [9.17, 15) is 0 Å². The van der Waals surface area contributed by atoms with Gasteiger partial charge < -0.3 is 5.32 Å². The van der Waals surface area contributed by atoms with Gasteiger partial charge in [0, 0.05) is 22.2 Å². The lowest BCUT2D eigenvalue weighted by Crippen LogP contribution is -2.31. The maximum Gasteiger partial charge on any atom is 0.302 e. The van der Waals surface area contributed by atoms with Crippen LogP contribution in [0.5, 0.6) is 0 Å². The lowest BCUT2D eigenvalue weighted by atomic mass is 9.98. The largest absolute Gasteiger partial charge is 0.359 e. The molecule has 1 unspecified atom stereocenters. The van der Waals surface area contributed by atoms with Crippen molar-refractivity contribution in [3.05, 3.63) is 210 Å². The van der Waals surface area contributed by atoms with Gasteiger partial charge in [0.05, 0.1) is 28.4 Å². The Balaban J connectivity index is 1.01. The van der Waals surface area contributed by atoms with Crippen LogP contribution in [0.2, 0.25) is 0 Å². The molecular weight excluding hydrogens is 683 g/mol. The van der Waals surface area contributed by atoms with E-state index in [0.717, 1.165) is 78.4 Å². The first kappa shape index (κ1) is 31.9. The molecule has 0 saturated carbocycles. The van der Waals surface area contributed by atoms with Crippen molar-refractivity contribution in [1.82, 2.24) is 19.5 Å². The zero-order valence-electron chi connectivity index (χ0n) is 30.3. The molecular formula is C51H34N5+. The first-order chi connectivity index (χ1) is 27.8. The third kappa shape index (κ3) is 5.30. The average molecular weight is 717 g/mol. The van der Waals surface area contributed by atoms with E-state index in [1.165, 1.54) is 21.7 Å². The Hall–Kier alpha value is -7.59. The Morgan fingerprint density at radius 3 is 1.93 bits per heavy atom. The summed E-state index contributed by atoms with van der Waals surface area (Å²) in [5, 5.41) is 8.34. The number of hydrogen-bond acceptors (Lipinski definition) is 3. The van der Waals surface area contributed by atoms with Crippen LogP contribution in [0.3, 0.4) is 0 Å². The van der Waals surface area contributed by atoms with Crippen molar-refractivity contribution < 1.29 is 0 Å². The number of rotatable bonds is 6. The van der Waals surface area contributed by atoms with Crippen molar-refractivity contribution in [1.29, 1.82) is 0 Å². The quantitative estimate of drug-likeness (QED) is 0.174. The summed E-state index contributed by atoms with van der Waals surface area (Å²) in [5.41, 5.74) is 12.9. The minimum atomic E-state index is 0.00717. The number of nitrogens with zero attached hydrogens (tertiary/aromatic N) is 4. The number of aliphatic imine (C=N–C) groups is 1. The SMILES string of the molecule is C1=[N+]=Cc2c1c1ccccc1c1c2nc(-c2cccc3ccccc23)n1-c1ccc(-c2ccc(C3=CC(c4ccccc4)NC(c4ccccc4)=N3)cc2)cc1. The molecule has 9 aromatic rings. The van der Waals surface area contributed by atoms with E-state index in [1.54, 1.807) is 0 Å². The van der Waals surface area contributed by atoms with E-state index in [4.69, 9.17) is 9.98 Å². The predicted octanol–water partition coefficient (Wildman–Crippen LogP) is 10.7. The fraction of sp³-hybridized carbons (Fsp3) is 0.0196. The van der Waals surface area contributed by atoms with Crippen molar-refractivity contribution in [2.75, 3.05) is 0 Å². The third-order valence-corrected chi connectivity index (χ3v) is 11.0. The minimum Gasteiger partial charge on any atom is -0.359 e. The van der Waals surface area contributed by atoms with E-state index in [-0.39, 0.29) is 6.04 Å². The summed E-state index contributed by atoms with van der Waals surface area (Å²) in [6, 6.07) is 62.2. The van der Waals surface area contributed by atoms with Crippen LogP contribution in [0.25, 0.3) is 66.5 Å². The Morgan fingerprint density at radius 2 is 1.14 bits per heavy atom. The van der Waals surface area contributed by atoms with Crippen LogP contribution in [0, 0.1) is 0 Å². The second-order valence-corrected chi connectivity index (χ2v) is 14.3. The first-order valence-electron chi connectivity index (χ1n) is 19.0. The highest BCUT2D eigenvalue weighted by atomic mass is 15.1. The van der Waals surface area contributed by atoms with Crippen molar-refractivity contribution in [2.45, 2.75) is 6.04 Å². The number of aromatic nitrogens is 2. The number of benzene rings is 8. The first-order valence-corrected chi connectivity index (χ1v) is 19.0. The van der Waals surface area contributed by atoms with Gasteiger partial charge in [0.2, 0.25) is 0 Å². The summed E-state index contributed by atoms with van der Waals surface area (Å²) in [6.07, 6.45) is 6.14. The van der Waals surface area contributed by atoms with Gasteiger partial charge in [0.25, 0.3) is 0 Å². The van der Waals surface area contributed by atoms with Gasteiger partial charge in [-0.15, -0.1) is 0 Å². The van der Waals surface area contributed by atoms with Gasteiger partial charge in [-0.25, -0.2) is 9.98 Å². The van der Waals surface area contributed by atoms with E-state index >= 15 is 0 Å². The van der Waals surface area contributed by atoms with Crippen LogP contribution in [-0.2, 0) is 0 Å². The van der Waals surface area contributed by atoms with Gasteiger partial charge in [-0.3, -0.25) is 4.57 Å². The maximum atomic E-state index is 5.45. The van der Waals surface area contributed by atoms with Gasteiger partial charge in [0.1, 0.15) is 17.2 Å². The zero-order valence-corrected chi connectivity index (χ0v) is 30.3. The second-order valence-electron chi connectivity index (χ2n) is 14.3. The summed E-state index contributed by atoms with van der Waals surface area (Å²) in [5.74, 6) is 1.78. The van der Waals surface area contributed by atoms with Gasteiger partial charge >= 0.3 is 12.4 Å². The van der Waals surface area contributed by atoms with Gasteiger partial charge in [-0.2, -0.15) is 0 Å². The van der Waals surface area contributed by atoms with Crippen LogP contribution in [-0.4, -0.2) is 27.8 Å². The van der Waals surface area contributed by atoms with Crippen LogP contribution in [0.15, 0.2) is 187 Å². The van der Waals surface area contributed by atoms with Gasteiger partial charge in [0.15, 0.2) is 0 Å². The molecule has 0 bridgehead atoms. The third-order valence-electron chi connectivity index (χ3n) is 11.0. The Morgan fingerprint density at radius 1 is 0.518 bits per heavy atom. The monoisotopic (exact) mass is 716 g/mol. The van der Waals surface area contributed by atoms with E-state index in [2.05, 4.69) is 190 Å². The molecule has 8 aromatic carbocycles. The summed E-state index contributed by atoms with van der Waals surface area (Å²) in [6.45, 7) is 0. The van der Waals surface area contributed by atoms with E-state index in [1.807, 2.05) is 18.5 Å². The molecule has 2 aliphatic rings. The van der Waals surface area contributed by atoms with E-state index in [0.29, 0.717) is 0 Å². The summed E-state index contributed by atoms with van der Waals surface area (Å²) in [7, 11) is 0. The summed E-state index contributed by atoms with van der Waals surface area (Å²) in [4.78, 5) is 10.6. The molecule has 11 rings (SSSR count). The Kier molecular flexibility index (Phi) is 7.44. The number of hydrogen-bond donors (Lipinski definition) is 1. The van der Waals surface area contributed by atoms with Crippen LogP contribution in [0.4, 0.5) is 0 Å². The molecule has 2 aliphatic heterocycles. The van der Waals surface area contributed by atoms with E-state index < -0.39 is 0 Å². The average Bonchev–Trinajstić information content (AvgIpc) is 3.94. The second kappa shape index (κ2) is 13.1. The normalized spacial score (nSPS) is 14.5. The summed E-state index contributed by atoms with van der Waals surface area (Å²) >= 11 is 0. The Labute approximate surface area is 324 Å². The molecule has 0 aliphatic carbocycles. The standard InChI is InChI=1S/C51H34N5/c1-3-13-36(14-4-1)46-30-47(54-50(53-46)38-15-5-2-6-16-38)37-24-22-33(23-25-37)34-26-28-39(29-27-34)56-49-42-20-10-9-19-41(42)44-31-52-32-45(44)48(49)55-51(56)43-21-11-17-35-12-7-8-18-40(35)43/h1-32,46H,(H,53,54)/q+1. The molecule has 5 heteroatoms. The van der Waals surface area contributed by atoms with Crippen molar-refractivity contribution in [2.24, 2.45) is 4.99 Å². The minimum absolute atomic E-state index is 0.00717. The van der Waals surface area contributed by atoms with Crippen molar-refractivity contribution in [3.8, 4) is 28.2 Å². The lowest BCUT2D eigenvalue weighted by Gasteiger charge is -2.24. The number of nitrogens with one attached hydrogen (secondary N) is 1. The predicted molar refractivity (Wildman–Crippen MR) is 233 cm³/mol. The van der Waals surface area contributed by atoms with Crippen LogP contribution in [0.1, 0.15) is 33.9 Å². The van der Waals surface area contributed by atoms with Crippen LogP contribution < -0.4 is 9.98 Å². The lowest BCUT2D eigenvalue weighted by molar-refractivity contribution is 0.781. The van der Waals surface area contributed by atoms with Gasteiger partial charge in [-0.05, 0) is 56.6 Å². The molecule has 1 N–H and O–H groups in total. The topological polar surface area (TPSA) is 56.3 Å². The molecule has 5 nitrogen and oxygen atoms in total. The molecule has 3 heterocycles. The highest BCUT2D eigenvalue weighted by Gasteiger charge is 2.27. The molecule has 262 valence electrons. The molecule has 56 heavy (non-hydrogen) atoms.